The molecule has 0 saturated heterocycles. The van der Waals surface area contributed by atoms with E-state index >= 15 is 0 Å². The predicted octanol–water partition coefficient (Wildman–Crippen LogP) is 3.52. The Kier molecular flexibility index (Phi) is 7.91. The van der Waals surface area contributed by atoms with Crippen molar-refractivity contribution in [2.45, 2.75) is 33.2 Å². The molecule has 0 aliphatic rings. The van der Waals surface area contributed by atoms with Gasteiger partial charge in [0.15, 0.2) is 0 Å². The van der Waals surface area contributed by atoms with E-state index in [-0.39, 0.29) is 0 Å². The van der Waals surface area contributed by atoms with Crippen molar-refractivity contribution >= 4 is 11.8 Å². The van der Waals surface area contributed by atoms with Gasteiger partial charge in [0, 0.05) is 18.0 Å². The number of ether oxygens (including phenoxy) is 1. The van der Waals surface area contributed by atoms with E-state index in [9.17, 15) is 0 Å². The van der Waals surface area contributed by atoms with Gasteiger partial charge in [-0.05, 0) is 36.3 Å². The fourth-order valence-electron chi connectivity index (χ4n) is 1.75. The summed E-state index contributed by atoms with van der Waals surface area (Å²) in [6, 6.07) is 2.43. The fourth-order valence-corrected chi connectivity index (χ4v) is 2.90. The molecule has 1 heterocycles. The van der Waals surface area contributed by atoms with Crippen molar-refractivity contribution in [1.82, 2.24) is 10.3 Å². The first-order valence-corrected chi connectivity index (χ1v) is 8.12. The molecule has 19 heavy (non-hydrogen) atoms. The van der Waals surface area contributed by atoms with Crippen LogP contribution in [0.2, 0.25) is 0 Å². The minimum atomic E-state index is 0.353. The molecule has 1 rings (SSSR count). The highest BCUT2D eigenvalue weighted by Crippen LogP contribution is 2.22. The summed E-state index contributed by atoms with van der Waals surface area (Å²) in [6.07, 6.45) is 4.83. The Labute approximate surface area is 121 Å². The molecule has 0 radical (unpaired) electrons. The zero-order valence-corrected chi connectivity index (χ0v) is 13.3. The van der Waals surface area contributed by atoms with E-state index in [0.717, 1.165) is 30.4 Å². The number of aromatic nitrogens is 1. The second-order valence-electron chi connectivity index (χ2n) is 5.10. The van der Waals surface area contributed by atoms with Crippen molar-refractivity contribution in [3.05, 3.63) is 24.0 Å². The molecule has 0 aliphatic carbocycles. The molecule has 0 amide bonds. The minimum absolute atomic E-state index is 0.353. The number of hydrogen-bond acceptors (Lipinski definition) is 4. The highest BCUT2D eigenvalue weighted by molar-refractivity contribution is 7.99. The van der Waals surface area contributed by atoms with Gasteiger partial charge in [-0.1, -0.05) is 20.8 Å². The number of rotatable bonds is 9. The smallest absolute Gasteiger partial charge is 0.137 e. The Bertz CT molecular complexity index is 358. The van der Waals surface area contributed by atoms with Gasteiger partial charge in [0.25, 0.3) is 0 Å². The second kappa shape index (κ2) is 9.21. The van der Waals surface area contributed by atoms with E-state index in [1.807, 2.05) is 18.0 Å². The Morgan fingerprint density at radius 2 is 2.11 bits per heavy atom. The first-order chi connectivity index (χ1) is 9.17. The highest BCUT2D eigenvalue weighted by Gasteiger charge is 2.12. The summed E-state index contributed by atoms with van der Waals surface area (Å²) < 4.78 is 5.26. The van der Waals surface area contributed by atoms with Crippen molar-refractivity contribution in [2.75, 3.05) is 25.2 Å². The Balaban J connectivity index is 2.65. The maximum atomic E-state index is 5.26. The van der Waals surface area contributed by atoms with Crippen LogP contribution < -0.4 is 10.1 Å². The van der Waals surface area contributed by atoms with Gasteiger partial charge in [-0.15, -0.1) is 0 Å². The van der Waals surface area contributed by atoms with E-state index in [0.29, 0.717) is 6.04 Å². The third-order valence-electron chi connectivity index (χ3n) is 2.75. The summed E-state index contributed by atoms with van der Waals surface area (Å²) in [7, 11) is 1.68. The number of thioether (sulfide) groups is 1. The van der Waals surface area contributed by atoms with Crippen LogP contribution in [0.25, 0.3) is 0 Å². The van der Waals surface area contributed by atoms with Crippen LogP contribution in [0, 0.1) is 5.92 Å². The molecular formula is C15H26N2OS. The van der Waals surface area contributed by atoms with E-state index in [1.165, 1.54) is 11.3 Å². The van der Waals surface area contributed by atoms with Crippen LogP contribution in [0.15, 0.2) is 18.5 Å². The number of pyridine rings is 1. The molecule has 0 fully saturated rings. The van der Waals surface area contributed by atoms with Crippen LogP contribution in [0.3, 0.4) is 0 Å². The molecule has 0 bridgehead atoms. The molecule has 0 saturated carbocycles. The number of methoxy groups -OCH3 is 1. The van der Waals surface area contributed by atoms with Crippen molar-refractivity contribution in [2.24, 2.45) is 5.92 Å². The summed E-state index contributed by atoms with van der Waals surface area (Å²) in [4.78, 5) is 4.25. The lowest BCUT2D eigenvalue weighted by molar-refractivity contribution is 0.411. The molecule has 108 valence electrons. The molecule has 1 aromatic heterocycles. The predicted molar refractivity (Wildman–Crippen MR) is 84.0 cm³/mol. The molecule has 1 atom stereocenters. The van der Waals surface area contributed by atoms with Crippen LogP contribution in [0.4, 0.5) is 0 Å². The van der Waals surface area contributed by atoms with E-state index in [1.54, 1.807) is 13.3 Å². The molecule has 0 aliphatic heterocycles. The second-order valence-corrected chi connectivity index (χ2v) is 6.17. The Morgan fingerprint density at radius 1 is 1.32 bits per heavy atom. The quantitative estimate of drug-likeness (QED) is 0.751. The molecule has 3 nitrogen and oxygen atoms in total. The van der Waals surface area contributed by atoms with Crippen molar-refractivity contribution in [1.29, 1.82) is 0 Å². The number of nitrogens with zero attached hydrogens (tertiary/aromatic N) is 1. The molecule has 1 aromatic rings. The van der Waals surface area contributed by atoms with Crippen LogP contribution in [0.1, 0.15) is 38.8 Å². The van der Waals surface area contributed by atoms with Crippen LogP contribution in [-0.2, 0) is 0 Å². The van der Waals surface area contributed by atoms with Gasteiger partial charge >= 0.3 is 0 Å². The van der Waals surface area contributed by atoms with Crippen LogP contribution >= 0.6 is 11.8 Å². The first kappa shape index (κ1) is 16.3. The highest BCUT2D eigenvalue weighted by atomic mass is 32.2. The number of nitrogens with one attached hydrogen (secondary N) is 1. The average Bonchev–Trinajstić information content (AvgIpc) is 2.42. The maximum absolute atomic E-state index is 5.26. The zero-order valence-electron chi connectivity index (χ0n) is 12.5. The minimum Gasteiger partial charge on any atom is -0.495 e. The van der Waals surface area contributed by atoms with Gasteiger partial charge in [-0.3, -0.25) is 4.98 Å². The maximum Gasteiger partial charge on any atom is 0.137 e. The summed E-state index contributed by atoms with van der Waals surface area (Å²) in [5, 5.41) is 3.59. The lowest BCUT2D eigenvalue weighted by Gasteiger charge is -2.19. The zero-order chi connectivity index (χ0) is 14.1. The summed E-state index contributed by atoms with van der Waals surface area (Å²) in [5.41, 5.74) is 1.21. The van der Waals surface area contributed by atoms with Crippen molar-refractivity contribution < 1.29 is 4.74 Å². The molecule has 1 unspecified atom stereocenters. The van der Waals surface area contributed by atoms with Gasteiger partial charge < -0.3 is 10.1 Å². The largest absolute Gasteiger partial charge is 0.495 e. The Morgan fingerprint density at radius 3 is 2.74 bits per heavy atom. The first-order valence-electron chi connectivity index (χ1n) is 6.97. The Hall–Kier alpha value is -0.740. The molecule has 1 N–H and O–H groups in total. The third kappa shape index (κ3) is 6.30. The normalized spacial score (nSPS) is 12.7. The SMILES string of the molecule is CCCNC(CSCC(C)C)c1cncc(OC)c1. The molecule has 0 spiro atoms. The van der Waals surface area contributed by atoms with Gasteiger partial charge in [-0.2, -0.15) is 11.8 Å². The molecular weight excluding hydrogens is 256 g/mol. The monoisotopic (exact) mass is 282 g/mol. The standard InChI is InChI=1S/C15H26N2OS/c1-5-6-17-15(11-19-10-12(2)3)13-7-14(18-4)9-16-8-13/h7-9,12,15,17H,5-6,10-11H2,1-4H3. The lowest BCUT2D eigenvalue weighted by atomic mass is 10.1. The summed E-state index contributed by atoms with van der Waals surface area (Å²) in [5.74, 6) is 3.84. The summed E-state index contributed by atoms with van der Waals surface area (Å²) in [6.45, 7) is 7.74. The summed E-state index contributed by atoms with van der Waals surface area (Å²) >= 11 is 2.00. The van der Waals surface area contributed by atoms with Gasteiger partial charge in [0.1, 0.15) is 5.75 Å². The third-order valence-corrected chi connectivity index (χ3v) is 4.22. The number of hydrogen-bond donors (Lipinski definition) is 1. The van der Waals surface area contributed by atoms with Gasteiger partial charge in [0.05, 0.1) is 13.3 Å². The topological polar surface area (TPSA) is 34.2 Å². The van der Waals surface area contributed by atoms with Gasteiger partial charge in [-0.25, -0.2) is 0 Å². The fraction of sp³-hybridized carbons (Fsp3) is 0.667. The average molecular weight is 282 g/mol. The van der Waals surface area contributed by atoms with Crippen molar-refractivity contribution in [3.63, 3.8) is 0 Å². The van der Waals surface area contributed by atoms with Crippen LogP contribution in [0.5, 0.6) is 5.75 Å². The van der Waals surface area contributed by atoms with Gasteiger partial charge in [0.2, 0.25) is 0 Å². The van der Waals surface area contributed by atoms with E-state index in [2.05, 4.69) is 37.1 Å². The van der Waals surface area contributed by atoms with E-state index < -0.39 is 0 Å². The van der Waals surface area contributed by atoms with E-state index in [4.69, 9.17) is 4.74 Å². The molecule has 0 aromatic carbocycles. The van der Waals surface area contributed by atoms with Crippen LogP contribution in [-0.4, -0.2) is 30.1 Å². The lowest BCUT2D eigenvalue weighted by Crippen LogP contribution is -2.24. The molecule has 4 heteroatoms. The van der Waals surface area contributed by atoms with Crippen molar-refractivity contribution in [3.8, 4) is 5.75 Å².